The van der Waals surface area contributed by atoms with Gasteiger partial charge in [-0.15, -0.1) is 16.8 Å². The van der Waals surface area contributed by atoms with E-state index in [2.05, 4.69) is 45.5 Å². The number of aryl methyl sites for hydroxylation is 2. The van der Waals surface area contributed by atoms with Gasteiger partial charge in [0, 0.05) is 50.7 Å². The van der Waals surface area contributed by atoms with Crippen molar-refractivity contribution in [1.29, 1.82) is 0 Å². The molecule has 1 aromatic heterocycles. The number of fused-ring (bicyclic) bond motifs is 1. The van der Waals surface area contributed by atoms with Gasteiger partial charge in [0.25, 0.3) is 5.91 Å². The molecule has 2 fully saturated rings. The Morgan fingerprint density at radius 2 is 2.04 bits per heavy atom. The first kappa shape index (κ1) is 18.0. The summed E-state index contributed by atoms with van der Waals surface area (Å²) in [6.07, 6.45) is 8.67. The Morgan fingerprint density at radius 1 is 1.21 bits per heavy atom. The molecule has 28 heavy (non-hydrogen) atoms. The van der Waals surface area contributed by atoms with Crippen LogP contribution in [0, 0.1) is 6.92 Å². The molecule has 0 N–H and O–H groups in total. The average Bonchev–Trinajstić information content (AvgIpc) is 3.45. The smallest absolute Gasteiger partial charge is 0.256 e. The van der Waals surface area contributed by atoms with Crippen molar-refractivity contribution in [1.82, 2.24) is 19.7 Å². The lowest BCUT2D eigenvalue weighted by Crippen LogP contribution is -2.60. The number of amides is 1. The summed E-state index contributed by atoms with van der Waals surface area (Å²) < 4.78 is 2.65. The summed E-state index contributed by atoms with van der Waals surface area (Å²) in [5.41, 5.74) is 3.23. The molecular formula is C20H27N6OS+. The first-order chi connectivity index (χ1) is 13.6. The summed E-state index contributed by atoms with van der Waals surface area (Å²) in [5.74, 6) is 3.28. The molecule has 8 heteroatoms. The average molecular weight is 400 g/mol. The fraction of sp³-hybridized carbons (Fsp3) is 0.500. The largest absolute Gasteiger partial charge is 0.354 e. The molecule has 0 aromatic carbocycles. The van der Waals surface area contributed by atoms with Gasteiger partial charge in [-0.25, -0.2) is 0 Å². The molecule has 5 heterocycles. The van der Waals surface area contributed by atoms with Gasteiger partial charge in [-0.3, -0.25) is 9.48 Å². The molecule has 0 radical (unpaired) electrons. The van der Waals surface area contributed by atoms with E-state index in [9.17, 15) is 4.79 Å². The van der Waals surface area contributed by atoms with Crippen LogP contribution in [0.1, 0.15) is 5.69 Å². The molecule has 1 aromatic rings. The zero-order valence-corrected chi connectivity index (χ0v) is 17.4. The Hall–Kier alpha value is -2.03. The lowest BCUT2D eigenvalue weighted by Gasteiger charge is -2.44. The SMILES string of the molecule is Cc1cc(N2CCN([N@@+]34C=CC=C3C=C(C(=O)N3CCSC3)C4)CC2)n(C)n1. The Labute approximate surface area is 170 Å². The van der Waals surface area contributed by atoms with Crippen LogP contribution in [0.15, 0.2) is 41.8 Å². The van der Waals surface area contributed by atoms with E-state index in [4.69, 9.17) is 0 Å². The summed E-state index contributed by atoms with van der Waals surface area (Å²) in [5, 5.41) is 6.99. The van der Waals surface area contributed by atoms with E-state index in [1.54, 1.807) is 0 Å². The normalized spacial score (nSPS) is 27.4. The van der Waals surface area contributed by atoms with Crippen molar-refractivity contribution in [3.63, 3.8) is 0 Å². The first-order valence-corrected chi connectivity index (χ1v) is 11.1. The van der Waals surface area contributed by atoms with Gasteiger partial charge in [0.2, 0.25) is 0 Å². The second-order valence-electron chi connectivity index (χ2n) is 7.90. The molecule has 0 aliphatic carbocycles. The van der Waals surface area contributed by atoms with Crippen LogP contribution in [0.5, 0.6) is 0 Å². The summed E-state index contributed by atoms with van der Waals surface area (Å²) in [4.78, 5) is 17.3. The van der Waals surface area contributed by atoms with Crippen LogP contribution in [-0.4, -0.2) is 81.1 Å². The maximum atomic E-state index is 12.9. The number of quaternary nitrogens is 1. The van der Waals surface area contributed by atoms with Crippen LogP contribution in [-0.2, 0) is 11.8 Å². The maximum Gasteiger partial charge on any atom is 0.256 e. The van der Waals surface area contributed by atoms with Gasteiger partial charge in [-0.1, -0.05) is 0 Å². The molecule has 5 rings (SSSR count). The van der Waals surface area contributed by atoms with E-state index in [0.717, 1.165) is 62.2 Å². The molecule has 2 saturated heterocycles. The second-order valence-corrected chi connectivity index (χ2v) is 8.98. The quantitative estimate of drug-likeness (QED) is 0.721. The number of hydrogen-bond acceptors (Lipinski definition) is 5. The Kier molecular flexibility index (Phi) is 4.37. The van der Waals surface area contributed by atoms with Gasteiger partial charge in [0.1, 0.15) is 18.6 Å². The van der Waals surface area contributed by atoms with Crippen LogP contribution in [0.25, 0.3) is 0 Å². The number of allylic oxidation sites excluding steroid dienone is 3. The predicted molar refractivity (Wildman–Crippen MR) is 111 cm³/mol. The van der Waals surface area contributed by atoms with Gasteiger partial charge in [0.05, 0.1) is 30.2 Å². The predicted octanol–water partition coefficient (Wildman–Crippen LogP) is 1.47. The van der Waals surface area contributed by atoms with E-state index in [1.807, 2.05) is 35.3 Å². The van der Waals surface area contributed by atoms with Crippen molar-refractivity contribution in [2.75, 3.05) is 55.8 Å². The lowest BCUT2D eigenvalue weighted by atomic mass is 10.2. The summed E-state index contributed by atoms with van der Waals surface area (Å²) in [7, 11) is 2.01. The highest BCUT2D eigenvalue weighted by molar-refractivity contribution is 7.99. The highest BCUT2D eigenvalue weighted by Gasteiger charge is 2.47. The molecule has 148 valence electrons. The summed E-state index contributed by atoms with van der Waals surface area (Å²) in [6, 6.07) is 2.16. The van der Waals surface area contributed by atoms with Crippen molar-refractivity contribution < 1.29 is 9.39 Å². The Balaban J connectivity index is 1.30. The van der Waals surface area contributed by atoms with Crippen molar-refractivity contribution in [2.24, 2.45) is 7.05 Å². The highest BCUT2D eigenvalue weighted by Crippen LogP contribution is 2.38. The second kappa shape index (κ2) is 6.79. The zero-order chi connectivity index (χ0) is 19.3. The van der Waals surface area contributed by atoms with Crippen molar-refractivity contribution in [3.8, 4) is 0 Å². The van der Waals surface area contributed by atoms with Crippen LogP contribution in [0.2, 0.25) is 0 Å². The van der Waals surface area contributed by atoms with Crippen molar-refractivity contribution in [2.45, 2.75) is 6.92 Å². The summed E-state index contributed by atoms with van der Waals surface area (Å²) >= 11 is 1.84. The molecule has 0 bridgehead atoms. The third-order valence-electron chi connectivity index (χ3n) is 6.16. The third kappa shape index (κ3) is 2.82. The van der Waals surface area contributed by atoms with Crippen molar-refractivity contribution in [3.05, 3.63) is 47.5 Å². The number of hydrogen-bond donors (Lipinski definition) is 0. The van der Waals surface area contributed by atoms with Gasteiger partial charge >= 0.3 is 0 Å². The van der Waals surface area contributed by atoms with Crippen LogP contribution in [0.3, 0.4) is 0 Å². The third-order valence-corrected chi connectivity index (χ3v) is 7.12. The van der Waals surface area contributed by atoms with E-state index in [-0.39, 0.29) is 5.91 Å². The molecule has 0 unspecified atom stereocenters. The van der Waals surface area contributed by atoms with Gasteiger partial charge < -0.3 is 9.80 Å². The summed E-state index contributed by atoms with van der Waals surface area (Å²) in [6.45, 7) is 7.50. The number of carbonyl (C=O) groups is 1. The van der Waals surface area contributed by atoms with Crippen molar-refractivity contribution >= 4 is 23.5 Å². The molecule has 4 aliphatic heterocycles. The number of piperazine rings is 1. The molecule has 4 aliphatic rings. The molecule has 0 saturated carbocycles. The molecule has 1 atom stereocenters. The molecule has 0 spiro atoms. The maximum absolute atomic E-state index is 12.9. The number of aromatic nitrogens is 2. The minimum absolute atomic E-state index is 0.218. The minimum atomic E-state index is 0.218. The number of rotatable bonds is 3. The number of nitrogens with zero attached hydrogens (tertiary/aromatic N) is 6. The first-order valence-electron chi connectivity index (χ1n) is 9.93. The highest BCUT2D eigenvalue weighted by atomic mass is 32.2. The number of thioether (sulfide) groups is 1. The Bertz CT molecular complexity index is 889. The molecule has 7 nitrogen and oxygen atoms in total. The van der Waals surface area contributed by atoms with E-state index in [1.165, 1.54) is 11.5 Å². The van der Waals surface area contributed by atoms with Gasteiger partial charge in [0.15, 0.2) is 5.70 Å². The minimum Gasteiger partial charge on any atom is -0.354 e. The molecular weight excluding hydrogens is 372 g/mol. The fourth-order valence-corrected chi connectivity index (χ4v) is 5.67. The zero-order valence-electron chi connectivity index (χ0n) is 16.5. The standard InChI is InChI=1S/C20H27N6OS/c1-16-12-19(22(2)21-16)23-5-7-25(8-6-23)26-10-3-4-18(26)13-17(14-26)20(27)24-9-11-28-15-24/h3-4,10,12-13H,5-9,11,14-15H2,1-2H3/q+1/t26-/m1/s1. The van der Waals surface area contributed by atoms with Crippen LogP contribution >= 0.6 is 11.8 Å². The van der Waals surface area contributed by atoms with Gasteiger partial charge in [-0.2, -0.15) is 9.69 Å². The molecule has 1 amide bonds. The van der Waals surface area contributed by atoms with Crippen LogP contribution in [0.4, 0.5) is 5.82 Å². The topological polar surface area (TPSA) is 44.6 Å². The lowest BCUT2D eigenvalue weighted by molar-refractivity contribution is -0.948. The Morgan fingerprint density at radius 3 is 2.71 bits per heavy atom. The number of carbonyl (C=O) groups excluding carboxylic acids is 1. The van der Waals surface area contributed by atoms with E-state index in [0.29, 0.717) is 4.59 Å². The van der Waals surface area contributed by atoms with E-state index >= 15 is 0 Å². The monoisotopic (exact) mass is 399 g/mol. The number of anilines is 1. The van der Waals surface area contributed by atoms with Crippen LogP contribution < -0.4 is 4.90 Å². The van der Waals surface area contributed by atoms with Gasteiger partial charge in [-0.05, 0) is 13.0 Å². The fourth-order valence-electron chi connectivity index (χ4n) is 4.73. The van der Waals surface area contributed by atoms with E-state index < -0.39 is 0 Å².